The SMILES string of the molecule is CCN(C(=O)c1ccc([N+](=O)[O-])cc1F)C1CCNCC1. The van der Waals surface area contributed by atoms with Gasteiger partial charge in [-0.25, -0.2) is 4.39 Å². The van der Waals surface area contributed by atoms with Crippen LogP contribution in [0.4, 0.5) is 10.1 Å². The van der Waals surface area contributed by atoms with Gasteiger partial charge in [-0.05, 0) is 38.9 Å². The van der Waals surface area contributed by atoms with Crippen LogP contribution in [0.2, 0.25) is 0 Å². The molecule has 0 saturated carbocycles. The number of amides is 1. The van der Waals surface area contributed by atoms with Gasteiger partial charge < -0.3 is 10.2 Å². The molecular formula is C14H18FN3O3. The Morgan fingerprint density at radius 1 is 1.48 bits per heavy atom. The minimum absolute atomic E-state index is 0.0818. The van der Waals surface area contributed by atoms with E-state index in [9.17, 15) is 19.3 Å². The van der Waals surface area contributed by atoms with Crippen LogP contribution in [-0.4, -0.2) is 41.4 Å². The molecule has 0 bridgehead atoms. The molecule has 1 aromatic rings. The second-order valence-corrected chi connectivity index (χ2v) is 4.99. The second kappa shape index (κ2) is 6.62. The highest BCUT2D eigenvalue weighted by molar-refractivity contribution is 5.95. The van der Waals surface area contributed by atoms with Gasteiger partial charge in [-0.3, -0.25) is 14.9 Å². The van der Waals surface area contributed by atoms with Crippen molar-refractivity contribution < 1.29 is 14.1 Å². The molecule has 7 heteroatoms. The van der Waals surface area contributed by atoms with Crippen molar-refractivity contribution in [2.45, 2.75) is 25.8 Å². The zero-order valence-electron chi connectivity index (χ0n) is 11.8. The summed E-state index contributed by atoms with van der Waals surface area (Å²) in [4.78, 5) is 24.0. The number of nitrogens with zero attached hydrogens (tertiary/aromatic N) is 2. The average molecular weight is 295 g/mol. The Labute approximate surface area is 122 Å². The molecule has 1 fully saturated rings. The molecule has 1 N–H and O–H groups in total. The van der Waals surface area contributed by atoms with Gasteiger partial charge in [0.05, 0.1) is 16.6 Å². The van der Waals surface area contributed by atoms with Gasteiger partial charge >= 0.3 is 0 Å². The van der Waals surface area contributed by atoms with Gasteiger partial charge in [0, 0.05) is 18.7 Å². The summed E-state index contributed by atoms with van der Waals surface area (Å²) in [6, 6.07) is 3.23. The average Bonchev–Trinajstić information content (AvgIpc) is 2.48. The van der Waals surface area contributed by atoms with Gasteiger partial charge in [0.1, 0.15) is 5.82 Å². The van der Waals surface area contributed by atoms with E-state index in [4.69, 9.17) is 0 Å². The van der Waals surface area contributed by atoms with Crippen LogP contribution in [0.1, 0.15) is 30.1 Å². The predicted octanol–water partition coefficient (Wildman–Crippen LogP) is 1.95. The summed E-state index contributed by atoms with van der Waals surface area (Å²) in [6.45, 7) is 4.00. The quantitative estimate of drug-likeness (QED) is 0.680. The third kappa shape index (κ3) is 3.36. The molecule has 1 aliphatic rings. The van der Waals surface area contributed by atoms with Gasteiger partial charge in [-0.2, -0.15) is 0 Å². The number of benzene rings is 1. The fourth-order valence-electron chi connectivity index (χ4n) is 2.63. The van der Waals surface area contributed by atoms with Crippen LogP contribution in [-0.2, 0) is 0 Å². The van der Waals surface area contributed by atoms with E-state index >= 15 is 0 Å². The van der Waals surface area contributed by atoms with Crippen LogP contribution < -0.4 is 5.32 Å². The monoisotopic (exact) mass is 295 g/mol. The summed E-state index contributed by atoms with van der Waals surface area (Å²) in [5.41, 5.74) is -0.463. The number of hydrogen-bond donors (Lipinski definition) is 1. The maximum Gasteiger partial charge on any atom is 0.272 e. The molecule has 1 aromatic carbocycles. The van der Waals surface area contributed by atoms with Gasteiger partial charge in [-0.15, -0.1) is 0 Å². The van der Waals surface area contributed by atoms with Crippen LogP contribution in [0.5, 0.6) is 0 Å². The molecule has 21 heavy (non-hydrogen) atoms. The predicted molar refractivity (Wildman–Crippen MR) is 75.7 cm³/mol. The molecule has 0 aromatic heterocycles. The minimum Gasteiger partial charge on any atom is -0.336 e. The standard InChI is InChI=1S/C14H18FN3O3/c1-2-17(10-5-7-16-8-6-10)14(19)12-4-3-11(18(20)21)9-13(12)15/h3-4,9-10,16H,2,5-8H2,1H3. The van der Waals surface area contributed by atoms with Gasteiger partial charge in [0.25, 0.3) is 11.6 Å². The lowest BCUT2D eigenvalue weighted by atomic mass is 10.0. The summed E-state index contributed by atoms with van der Waals surface area (Å²) in [5.74, 6) is -1.25. The van der Waals surface area contributed by atoms with Crippen molar-refractivity contribution >= 4 is 11.6 Å². The van der Waals surface area contributed by atoms with Gasteiger partial charge in [0.2, 0.25) is 0 Å². The van der Waals surface area contributed by atoms with Gasteiger partial charge in [-0.1, -0.05) is 0 Å². The largest absolute Gasteiger partial charge is 0.336 e. The normalized spacial score (nSPS) is 15.7. The Kier molecular flexibility index (Phi) is 4.85. The van der Waals surface area contributed by atoms with Crippen molar-refractivity contribution in [2.75, 3.05) is 19.6 Å². The smallest absolute Gasteiger partial charge is 0.272 e. The number of carbonyl (C=O) groups is 1. The number of hydrogen-bond acceptors (Lipinski definition) is 4. The Morgan fingerprint density at radius 3 is 2.67 bits per heavy atom. The molecule has 1 heterocycles. The molecule has 1 saturated heterocycles. The molecule has 1 aliphatic heterocycles. The van der Waals surface area contributed by atoms with Crippen molar-refractivity contribution in [3.63, 3.8) is 0 Å². The first-order chi connectivity index (χ1) is 10.0. The number of carbonyl (C=O) groups excluding carboxylic acids is 1. The number of nitro groups is 1. The number of halogens is 1. The van der Waals surface area contributed by atoms with E-state index in [1.54, 1.807) is 4.90 Å². The highest BCUT2D eigenvalue weighted by atomic mass is 19.1. The third-order valence-electron chi connectivity index (χ3n) is 3.74. The van der Waals surface area contributed by atoms with Crippen molar-refractivity contribution in [3.05, 3.63) is 39.7 Å². The van der Waals surface area contributed by atoms with E-state index in [1.165, 1.54) is 6.07 Å². The van der Waals surface area contributed by atoms with Crippen molar-refractivity contribution in [1.82, 2.24) is 10.2 Å². The Bertz CT molecular complexity index is 544. The molecule has 6 nitrogen and oxygen atoms in total. The van der Waals surface area contributed by atoms with Gasteiger partial charge in [0.15, 0.2) is 0 Å². The minimum atomic E-state index is -0.846. The van der Waals surface area contributed by atoms with E-state index in [2.05, 4.69) is 5.32 Å². The lowest BCUT2D eigenvalue weighted by molar-refractivity contribution is -0.385. The number of nitro benzene ring substituents is 1. The maximum atomic E-state index is 14.0. The molecule has 1 amide bonds. The van der Waals surface area contributed by atoms with E-state index in [0.29, 0.717) is 6.54 Å². The lowest BCUT2D eigenvalue weighted by Gasteiger charge is -2.34. The fourth-order valence-corrected chi connectivity index (χ4v) is 2.63. The van der Waals surface area contributed by atoms with E-state index in [0.717, 1.165) is 38.1 Å². The maximum absolute atomic E-state index is 14.0. The van der Waals surface area contributed by atoms with E-state index < -0.39 is 16.6 Å². The van der Waals surface area contributed by atoms with Crippen LogP contribution in [0.15, 0.2) is 18.2 Å². The van der Waals surface area contributed by atoms with Crippen LogP contribution in [0.3, 0.4) is 0 Å². The molecule has 114 valence electrons. The van der Waals surface area contributed by atoms with E-state index in [-0.39, 0.29) is 17.3 Å². The first-order valence-corrected chi connectivity index (χ1v) is 7.00. The first kappa shape index (κ1) is 15.4. The molecule has 0 radical (unpaired) electrons. The van der Waals surface area contributed by atoms with Crippen molar-refractivity contribution in [2.24, 2.45) is 0 Å². The third-order valence-corrected chi connectivity index (χ3v) is 3.74. The highest BCUT2D eigenvalue weighted by Crippen LogP contribution is 2.21. The lowest BCUT2D eigenvalue weighted by Crippen LogP contribution is -2.46. The molecule has 0 unspecified atom stereocenters. The number of piperidine rings is 1. The topological polar surface area (TPSA) is 75.5 Å². The Morgan fingerprint density at radius 2 is 2.14 bits per heavy atom. The van der Waals surface area contributed by atoms with E-state index in [1.807, 2.05) is 6.92 Å². The Balaban J connectivity index is 2.22. The molecule has 0 atom stereocenters. The number of rotatable bonds is 4. The second-order valence-electron chi connectivity index (χ2n) is 4.99. The first-order valence-electron chi connectivity index (χ1n) is 7.00. The molecule has 0 aliphatic carbocycles. The summed E-state index contributed by atoms with van der Waals surface area (Å²) < 4.78 is 14.0. The zero-order chi connectivity index (χ0) is 15.4. The summed E-state index contributed by atoms with van der Waals surface area (Å²) in [6.07, 6.45) is 1.66. The highest BCUT2D eigenvalue weighted by Gasteiger charge is 2.27. The van der Waals surface area contributed by atoms with Crippen LogP contribution in [0.25, 0.3) is 0 Å². The fraction of sp³-hybridized carbons (Fsp3) is 0.500. The molecule has 0 spiro atoms. The molecule has 2 rings (SSSR count). The summed E-state index contributed by atoms with van der Waals surface area (Å²) in [7, 11) is 0. The molecular weight excluding hydrogens is 277 g/mol. The Hall–Kier alpha value is -2.02. The summed E-state index contributed by atoms with van der Waals surface area (Å²) in [5, 5.41) is 13.8. The zero-order valence-corrected chi connectivity index (χ0v) is 11.8. The van der Waals surface area contributed by atoms with Crippen LogP contribution in [0, 0.1) is 15.9 Å². The number of nitrogens with one attached hydrogen (secondary N) is 1. The summed E-state index contributed by atoms with van der Waals surface area (Å²) >= 11 is 0. The van der Waals surface area contributed by atoms with Crippen LogP contribution >= 0.6 is 0 Å². The van der Waals surface area contributed by atoms with Crippen molar-refractivity contribution in [3.8, 4) is 0 Å². The number of non-ortho nitro benzene ring substituents is 1. The van der Waals surface area contributed by atoms with Crippen molar-refractivity contribution in [1.29, 1.82) is 0 Å².